The second-order valence-electron chi connectivity index (χ2n) is 9.17. The third-order valence-electron chi connectivity index (χ3n) is 7.06. The lowest BCUT2D eigenvalue weighted by molar-refractivity contribution is -0.146. The van der Waals surface area contributed by atoms with E-state index in [1.165, 1.54) is 23.9 Å². The van der Waals surface area contributed by atoms with Crippen molar-refractivity contribution in [1.29, 1.82) is 0 Å². The first-order valence-corrected chi connectivity index (χ1v) is 11.9. The van der Waals surface area contributed by atoms with Crippen molar-refractivity contribution in [2.24, 2.45) is 5.92 Å². The van der Waals surface area contributed by atoms with Crippen LogP contribution in [0.4, 0.5) is 14.6 Å². The van der Waals surface area contributed by atoms with Gasteiger partial charge in [-0.3, -0.25) is 9.59 Å². The third kappa shape index (κ3) is 4.56. The van der Waals surface area contributed by atoms with Crippen LogP contribution in [-0.2, 0) is 9.53 Å². The molecule has 1 saturated heterocycles. The van der Waals surface area contributed by atoms with Crippen LogP contribution in [0.2, 0.25) is 0 Å². The number of esters is 1. The summed E-state index contributed by atoms with van der Waals surface area (Å²) >= 11 is 0. The van der Waals surface area contributed by atoms with Gasteiger partial charge in [-0.1, -0.05) is 0 Å². The maximum Gasteiger partial charge on any atom is 0.308 e. The summed E-state index contributed by atoms with van der Waals surface area (Å²) in [7, 11) is 1.39. The summed E-state index contributed by atoms with van der Waals surface area (Å²) in [4.78, 5) is 31.4. The second-order valence-corrected chi connectivity index (χ2v) is 9.17. The third-order valence-corrected chi connectivity index (χ3v) is 7.06. The first-order chi connectivity index (χ1) is 16.9. The van der Waals surface area contributed by atoms with E-state index in [0.717, 1.165) is 18.6 Å². The molecule has 3 heterocycles. The van der Waals surface area contributed by atoms with Gasteiger partial charge in [0, 0.05) is 24.3 Å². The summed E-state index contributed by atoms with van der Waals surface area (Å²) in [5.41, 5.74) is 1.04. The van der Waals surface area contributed by atoms with Crippen molar-refractivity contribution in [2.75, 3.05) is 18.6 Å². The molecule has 0 unspecified atom stereocenters. The Morgan fingerprint density at radius 3 is 2.69 bits per heavy atom. The number of hydrogen-bond donors (Lipinski definition) is 1. The van der Waals surface area contributed by atoms with Gasteiger partial charge in [0.15, 0.2) is 5.65 Å². The Morgan fingerprint density at radius 1 is 1.11 bits per heavy atom. The Hall–Kier alpha value is -3.56. The van der Waals surface area contributed by atoms with Gasteiger partial charge in [-0.15, -0.1) is 0 Å². The lowest BCUT2D eigenvalue weighted by Crippen LogP contribution is -2.39. The van der Waals surface area contributed by atoms with Crippen LogP contribution < -0.4 is 10.2 Å². The molecule has 5 rings (SSSR count). The molecule has 0 radical (unpaired) electrons. The fourth-order valence-electron chi connectivity index (χ4n) is 5.22. The normalized spacial score (nSPS) is 22.4. The van der Waals surface area contributed by atoms with Gasteiger partial charge >= 0.3 is 5.97 Å². The number of carbonyl (C=O) groups excluding carboxylic acids is 2. The van der Waals surface area contributed by atoms with Crippen LogP contribution in [-0.4, -0.2) is 46.2 Å². The van der Waals surface area contributed by atoms with Crippen LogP contribution in [0.5, 0.6) is 0 Å². The predicted molar refractivity (Wildman–Crippen MR) is 124 cm³/mol. The van der Waals surface area contributed by atoms with Gasteiger partial charge in [-0.05, 0) is 62.8 Å². The predicted octanol–water partition coefficient (Wildman–Crippen LogP) is 3.81. The molecule has 3 aromatic rings. The number of halogens is 2. The van der Waals surface area contributed by atoms with Crippen molar-refractivity contribution in [2.45, 2.75) is 50.6 Å². The number of aromatic nitrogens is 3. The van der Waals surface area contributed by atoms with Crippen molar-refractivity contribution in [1.82, 2.24) is 19.9 Å². The molecule has 10 heteroatoms. The number of nitrogens with zero attached hydrogens (tertiary/aromatic N) is 4. The zero-order chi connectivity index (χ0) is 24.5. The number of rotatable bonds is 5. The fourth-order valence-corrected chi connectivity index (χ4v) is 5.22. The average molecular weight is 484 g/mol. The Morgan fingerprint density at radius 2 is 1.91 bits per heavy atom. The number of amides is 1. The van der Waals surface area contributed by atoms with Crippen molar-refractivity contribution >= 4 is 23.3 Å². The Balaban J connectivity index is 1.35. The number of benzene rings is 1. The van der Waals surface area contributed by atoms with E-state index >= 15 is 0 Å². The minimum absolute atomic E-state index is 0.0412. The first kappa shape index (κ1) is 23.2. The molecule has 1 aliphatic carbocycles. The van der Waals surface area contributed by atoms with Crippen LogP contribution in [0.15, 0.2) is 36.7 Å². The highest BCUT2D eigenvalue weighted by Gasteiger charge is 2.31. The van der Waals surface area contributed by atoms with Crippen LogP contribution in [0.3, 0.4) is 0 Å². The molecule has 1 aliphatic heterocycles. The quantitative estimate of drug-likeness (QED) is 0.556. The molecule has 35 heavy (non-hydrogen) atoms. The maximum absolute atomic E-state index is 14.5. The van der Waals surface area contributed by atoms with Gasteiger partial charge in [0.1, 0.15) is 23.0 Å². The summed E-state index contributed by atoms with van der Waals surface area (Å²) in [6.07, 6.45) is 7.41. The van der Waals surface area contributed by atoms with Gasteiger partial charge < -0.3 is 15.0 Å². The smallest absolute Gasteiger partial charge is 0.308 e. The summed E-state index contributed by atoms with van der Waals surface area (Å²) in [6.45, 7) is 0.642. The topological polar surface area (TPSA) is 88.8 Å². The van der Waals surface area contributed by atoms with Crippen molar-refractivity contribution in [3.8, 4) is 0 Å². The minimum Gasteiger partial charge on any atom is -0.469 e. The number of hydrogen-bond acceptors (Lipinski definition) is 6. The maximum atomic E-state index is 14.5. The van der Waals surface area contributed by atoms with E-state index in [1.54, 1.807) is 12.3 Å². The Kier molecular flexibility index (Phi) is 6.36. The molecule has 2 fully saturated rings. The van der Waals surface area contributed by atoms with Crippen LogP contribution in [0.1, 0.15) is 60.5 Å². The Labute approximate surface area is 201 Å². The number of fused-ring (bicyclic) bond motifs is 1. The highest BCUT2D eigenvalue weighted by Crippen LogP contribution is 2.37. The standard InChI is InChI=1S/C25H27F2N5O3/c1-35-25(34)15-4-7-17(8-5-15)29-24(33)19-14-28-32-12-10-22(30-23(19)32)31-11-2-3-21(31)18-13-16(26)6-9-20(18)27/h6,9-10,12-15,17,21H,2-5,7-8,11H2,1H3,(H,29,33)/t15?,17?,21-/m1/s1. The van der Waals surface area contributed by atoms with E-state index in [2.05, 4.69) is 10.4 Å². The van der Waals surface area contributed by atoms with Crippen LogP contribution in [0, 0.1) is 17.6 Å². The number of anilines is 1. The second kappa shape index (κ2) is 9.59. The van der Waals surface area contributed by atoms with Gasteiger partial charge in [0.25, 0.3) is 5.91 Å². The molecule has 1 saturated carbocycles. The molecular weight excluding hydrogens is 456 g/mol. The molecule has 1 aromatic carbocycles. The molecule has 1 atom stereocenters. The minimum atomic E-state index is -0.480. The van der Waals surface area contributed by atoms with Crippen molar-refractivity contribution in [3.05, 3.63) is 59.4 Å². The molecule has 2 aromatic heterocycles. The van der Waals surface area contributed by atoms with Crippen LogP contribution in [0.25, 0.3) is 5.65 Å². The van der Waals surface area contributed by atoms with Gasteiger partial charge in [0.05, 0.1) is 25.3 Å². The molecule has 2 aliphatic rings. The van der Waals surface area contributed by atoms with Crippen molar-refractivity contribution in [3.63, 3.8) is 0 Å². The molecule has 184 valence electrons. The van der Waals surface area contributed by atoms with E-state index in [4.69, 9.17) is 9.72 Å². The lowest BCUT2D eigenvalue weighted by atomic mass is 9.86. The van der Waals surface area contributed by atoms with E-state index in [0.29, 0.717) is 61.2 Å². The average Bonchev–Trinajstić information content (AvgIpc) is 3.52. The molecule has 0 spiro atoms. The molecule has 0 bridgehead atoms. The largest absolute Gasteiger partial charge is 0.469 e. The highest BCUT2D eigenvalue weighted by molar-refractivity contribution is 6.00. The van der Waals surface area contributed by atoms with Crippen molar-refractivity contribution < 1.29 is 23.1 Å². The Bertz CT molecular complexity index is 1260. The molecular formula is C25H27F2N5O3. The van der Waals surface area contributed by atoms with Gasteiger partial charge in [0.2, 0.25) is 0 Å². The summed E-state index contributed by atoms with van der Waals surface area (Å²) in [5.74, 6) is -0.946. The summed E-state index contributed by atoms with van der Waals surface area (Å²) in [5, 5.41) is 7.29. The summed E-state index contributed by atoms with van der Waals surface area (Å²) in [6, 6.07) is 4.89. The van der Waals surface area contributed by atoms with Crippen LogP contribution >= 0.6 is 0 Å². The fraction of sp³-hybridized carbons (Fsp3) is 0.440. The molecule has 1 N–H and O–H groups in total. The van der Waals surface area contributed by atoms with E-state index < -0.39 is 11.6 Å². The van der Waals surface area contributed by atoms with Gasteiger partial charge in [-0.25, -0.2) is 18.3 Å². The highest BCUT2D eigenvalue weighted by atomic mass is 19.1. The SMILES string of the molecule is COC(=O)C1CCC(NC(=O)c2cnn3ccc(N4CCC[C@@H]4c4cc(F)ccc4F)nc23)CC1. The summed E-state index contributed by atoms with van der Waals surface area (Å²) < 4.78 is 34.7. The van der Waals surface area contributed by atoms with E-state index in [9.17, 15) is 18.4 Å². The van der Waals surface area contributed by atoms with E-state index in [1.807, 2.05) is 4.90 Å². The zero-order valence-corrected chi connectivity index (χ0v) is 19.4. The number of ether oxygens (including phenoxy) is 1. The molecule has 1 amide bonds. The zero-order valence-electron chi connectivity index (χ0n) is 19.4. The first-order valence-electron chi connectivity index (χ1n) is 11.9. The lowest BCUT2D eigenvalue weighted by Gasteiger charge is -2.27. The number of methoxy groups -OCH3 is 1. The monoisotopic (exact) mass is 483 g/mol. The number of carbonyl (C=O) groups is 2. The van der Waals surface area contributed by atoms with Gasteiger partial charge in [-0.2, -0.15) is 5.10 Å². The molecule has 8 nitrogen and oxygen atoms in total. The van der Waals surface area contributed by atoms with E-state index in [-0.39, 0.29) is 29.9 Å². The number of nitrogens with one attached hydrogen (secondary N) is 1.